The summed E-state index contributed by atoms with van der Waals surface area (Å²) in [5.74, 6) is 0.646. The van der Waals surface area contributed by atoms with E-state index in [9.17, 15) is 4.79 Å². The zero-order valence-electron chi connectivity index (χ0n) is 13.5. The lowest BCUT2D eigenvalue weighted by atomic mass is 10.2. The lowest BCUT2D eigenvalue weighted by Crippen LogP contribution is -2.47. The second-order valence-corrected chi connectivity index (χ2v) is 6.20. The highest BCUT2D eigenvalue weighted by atomic mass is 35.5. The van der Waals surface area contributed by atoms with E-state index in [2.05, 4.69) is 25.7 Å². The van der Waals surface area contributed by atoms with Crippen molar-refractivity contribution in [2.45, 2.75) is 13.8 Å². The van der Waals surface area contributed by atoms with Gasteiger partial charge in [0, 0.05) is 24.5 Å². The van der Waals surface area contributed by atoms with Crippen molar-refractivity contribution in [1.29, 1.82) is 5.26 Å². The summed E-state index contributed by atoms with van der Waals surface area (Å²) in [7, 11) is 0. The molecular weight excluding hydrogens is 365 g/mol. The number of aromatic nitrogens is 3. The number of nitrogens with zero attached hydrogens (tertiary/aromatic N) is 5. The Kier molecular flexibility index (Phi) is 6.33. The molecule has 10 heteroatoms. The lowest BCUT2D eigenvalue weighted by molar-refractivity contribution is 0.250. The molecule has 130 valence electrons. The largest absolute Gasteiger partial charge is 0.338 e. The van der Waals surface area contributed by atoms with E-state index in [1.54, 1.807) is 6.07 Å². The van der Waals surface area contributed by atoms with Gasteiger partial charge in [0.25, 0.3) is 0 Å². The first-order valence-electron chi connectivity index (χ1n) is 7.29. The fourth-order valence-electron chi connectivity index (χ4n) is 1.93. The molecule has 2 aromatic heterocycles. The van der Waals surface area contributed by atoms with Crippen LogP contribution in [0.5, 0.6) is 0 Å². The van der Waals surface area contributed by atoms with Gasteiger partial charge in [-0.3, -0.25) is 5.01 Å². The summed E-state index contributed by atoms with van der Waals surface area (Å²) in [6.07, 6.45) is 1.45. The van der Waals surface area contributed by atoms with Crippen LogP contribution in [-0.4, -0.2) is 27.5 Å². The first kappa shape index (κ1) is 18.7. The molecule has 0 bridgehead atoms. The van der Waals surface area contributed by atoms with Gasteiger partial charge in [-0.25, -0.2) is 20.2 Å². The second kappa shape index (κ2) is 8.46. The number of amides is 2. The van der Waals surface area contributed by atoms with Crippen LogP contribution in [0.25, 0.3) is 0 Å². The molecule has 0 unspecified atom stereocenters. The Balaban J connectivity index is 2.15. The number of rotatable bonds is 5. The molecule has 2 amide bonds. The molecule has 0 saturated heterocycles. The topological polar surface area (TPSA) is 107 Å². The van der Waals surface area contributed by atoms with Gasteiger partial charge >= 0.3 is 6.03 Å². The maximum absolute atomic E-state index is 12.3. The number of nitriles is 1. The predicted molar refractivity (Wildman–Crippen MR) is 95.3 cm³/mol. The number of hydrogen-bond acceptors (Lipinski definition) is 6. The summed E-state index contributed by atoms with van der Waals surface area (Å²) in [5.41, 5.74) is 3.08. The molecule has 2 N–H and O–H groups in total. The van der Waals surface area contributed by atoms with E-state index in [4.69, 9.17) is 28.5 Å². The smallest absolute Gasteiger partial charge is 0.306 e. The van der Waals surface area contributed by atoms with Gasteiger partial charge in [-0.2, -0.15) is 10.2 Å². The Hall–Kier alpha value is -2.63. The van der Waals surface area contributed by atoms with E-state index in [0.29, 0.717) is 18.1 Å². The fourth-order valence-corrected chi connectivity index (χ4v) is 2.39. The number of halogens is 2. The van der Waals surface area contributed by atoms with Crippen molar-refractivity contribution in [2.75, 3.05) is 16.9 Å². The molecule has 25 heavy (non-hydrogen) atoms. The van der Waals surface area contributed by atoms with Crippen molar-refractivity contribution in [3.8, 4) is 6.07 Å². The number of hydrogen-bond donors (Lipinski definition) is 2. The SMILES string of the molecule is CC(C)CN(NC(=O)Nc1cc(Cl)nc(Cl)c1)c1ccnc(C#N)n1. The molecule has 0 aliphatic carbocycles. The van der Waals surface area contributed by atoms with Crippen LogP contribution in [0.2, 0.25) is 10.3 Å². The maximum Gasteiger partial charge on any atom is 0.338 e. The van der Waals surface area contributed by atoms with E-state index < -0.39 is 6.03 Å². The average Bonchev–Trinajstić information content (AvgIpc) is 2.52. The van der Waals surface area contributed by atoms with Gasteiger partial charge in [-0.15, -0.1) is 0 Å². The first-order chi connectivity index (χ1) is 11.9. The molecule has 0 spiro atoms. The third kappa shape index (κ3) is 5.74. The number of pyridine rings is 1. The van der Waals surface area contributed by atoms with E-state index in [1.165, 1.54) is 23.3 Å². The van der Waals surface area contributed by atoms with E-state index in [1.807, 2.05) is 19.9 Å². The zero-order chi connectivity index (χ0) is 18.4. The van der Waals surface area contributed by atoms with Crippen LogP contribution in [0, 0.1) is 17.2 Å². The van der Waals surface area contributed by atoms with Gasteiger partial charge in [0.15, 0.2) is 5.82 Å². The van der Waals surface area contributed by atoms with E-state index >= 15 is 0 Å². The Labute approximate surface area is 154 Å². The van der Waals surface area contributed by atoms with Crippen molar-refractivity contribution in [1.82, 2.24) is 20.4 Å². The van der Waals surface area contributed by atoms with Crippen LogP contribution in [-0.2, 0) is 0 Å². The van der Waals surface area contributed by atoms with Crippen molar-refractivity contribution >= 4 is 40.7 Å². The zero-order valence-corrected chi connectivity index (χ0v) is 15.0. The summed E-state index contributed by atoms with van der Waals surface area (Å²) >= 11 is 11.6. The number of carbonyl (C=O) groups excluding carboxylic acids is 1. The molecule has 2 heterocycles. The molecule has 0 radical (unpaired) electrons. The quantitative estimate of drug-likeness (QED) is 0.609. The first-order valence-corrected chi connectivity index (χ1v) is 8.04. The van der Waals surface area contributed by atoms with Crippen molar-refractivity contribution < 1.29 is 4.79 Å². The minimum Gasteiger partial charge on any atom is -0.306 e. The molecule has 0 fully saturated rings. The molecule has 0 aliphatic heterocycles. The third-order valence-electron chi connectivity index (χ3n) is 2.82. The molecule has 0 saturated carbocycles. The maximum atomic E-state index is 12.3. The van der Waals surface area contributed by atoms with E-state index in [0.717, 1.165) is 0 Å². The summed E-state index contributed by atoms with van der Waals surface area (Å²) in [6.45, 7) is 4.45. The van der Waals surface area contributed by atoms with Crippen LogP contribution < -0.4 is 15.8 Å². The highest BCUT2D eigenvalue weighted by Gasteiger charge is 2.15. The lowest BCUT2D eigenvalue weighted by Gasteiger charge is -2.26. The van der Waals surface area contributed by atoms with E-state index in [-0.39, 0.29) is 22.0 Å². The average molecular weight is 380 g/mol. The Morgan fingerprint density at radius 1 is 1.32 bits per heavy atom. The van der Waals surface area contributed by atoms with Gasteiger partial charge in [-0.1, -0.05) is 37.0 Å². The fraction of sp³-hybridized carbons (Fsp3) is 0.267. The number of carbonyl (C=O) groups is 1. The highest BCUT2D eigenvalue weighted by molar-refractivity contribution is 6.32. The predicted octanol–water partition coefficient (Wildman–Crippen LogP) is 3.25. The summed E-state index contributed by atoms with van der Waals surface area (Å²) in [5, 5.41) is 13.4. The molecule has 0 aromatic carbocycles. The van der Waals surface area contributed by atoms with Gasteiger partial charge in [-0.05, 0) is 18.1 Å². The summed E-state index contributed by atoms with van der Waals surface area (Å²) in [6, 6.07) is 5.89. The van der Waals surface area contributed by atoms with Crippen LogP contribution >= 0.6 is 23.2 Å². The minimum absolute atomic E-state index is 0.0150. The monoisotopic (exact) mass is 379 g/mol. The molecule has 8 nitrogen and oxygen atoms in total. The van der Waals surface area contributed by atoms with Crippen LogP contribution in [0.1, 0.15) is 19.7 Å². The van der Waals surface area contributed by atoms with Crippen molar-refractivity contribution in [3.05, 3.63) is 40.5 Å². The Morgan fingerprint density at radius 2 is 2.00 bits per heavy atom. The number of anilines is 2. The number of urea groups is 1. The van der Waals surface area contributed by atoms with Gasteiger partial charge in [0.2, 0.25) is 5.82 Å². The van der Waals surface area contributed by atoms with Crippen LogP contribution in [0.15, 0.2) is 24.4 Å². The minimum atomic E-state index is -0.517. The summed E-state index contributed by atoms with van der Waals surface area (Å²) in [4.78, 5) is 24.0. The molecule has 0 aliphatic rings. The number of nitrogens with one attached hydrogen (secondary N) is 2. The van der Waals surface area contributed by atoms with Crippen LogP contribution in [0.3, 0.4) is 0 Å². The second-order valence-electron chi connectivity index (χ2n) is 5.42. The molecular formula is C15H15Cl2N7O. The van der Waals surface area contributed by atoms with Gasteiger partial charge in [0.1, 0.15) is 16.4 Å². The normalized spacial score (nSPS) is 10.2. The number of hydrazine groups is 1. The molecule has 2 aromatic rings. The van der Waals surface area contributed by atoms with Gasteiger partial charge < -0.3 is 5.32 Å². The van der Waals surface area contributed by atoms with Crippen LogP contribution in [0.4, 0.5) is 16.3 Å². The third-order valence-corrected chi connectivity index (χ3v) is 3.21. The Bertz CT molecular complexity index is 786. The van der Waals surface area contributed by atoms with Gasteiger partial charge in [0.05, 0.1) is 0 Å². The highest BCUT2D eigenvalue weighted by Crippen LogP contribution is 2.18. The molecule has 2 rings (SSSR count). The van der Waals surface area contributed by atoms with Crippen molar-refractivity contribution in [2.24, 2.45) is 5.92 Å². The Morgan fingerprint density at radius 3 is 2.60 bits per heavy atom. The summed E-state index contributed by atoms with van der Waals surface area (Å²) < 4.78 is 0. The molecule has 0 atom stereocenters. The van der Waals surface area contributed by atoms with Crippen molar-refractivity contribution in [3.63, 3.8) is 0 Å². The standard InChI is InChI=1S/C15H15Cl2N7O/c1-9(2)8-24(14-3-4-19-13(7-18)22-14)23-15(25)20-10-5-11(16)21-12(17)6-10/h3-6,9H,8H2,1-2H3,(H2,20,21,23,25).